The van der Waals surface area contributed by atoms with Crippen molar-refractivity contribution < 1.29 is 15.3 Å². The van der Waals surface area contributed by atoms with Gasteiger partial charge in [0.1, 0.15) is 17.2 Å². The number of ether oxygens (including phenoxy) is 1. The van der Waals surface area contributed by atoms with E-state index in [4.69, 9.17) is 6.11 Å². The second-order valence-corrected chi connectivity index (χ2v) is 6.04. The molecule has 0 aliphatic carbocycles. The molecule has 0 amide bonds. The number of anilines is 1. The van der Waals surface area contributed by atoms with Crippen molar-refractivity contribution in [2.75, 3.05) is 18.1 Å². The number of halogens is 1. The molecule has 0 saturated carbocycles. The van der Waals surface area contributed by atoms with Crippen molar-refractivity contribution in [2.24, 2.45) is 0 Å². The van der Waals surface area contributed by atoms with Gasteiger partial charge in [0, 0.05) is 12.7 Å². The fraction of sp³-hybridized carbons (Fsp3) is 0.316. The molecule has 1 aliphatic rings. The Hall–Kier alpha value is -2.96. The molecule has 0 spiro atoms. The second kappa shape index (κ2) is 6.74. The van der Waals surface area contributed by atoms with Gasteiger partial charge in [0.15, 0.2) is 5.65 Å². The Morgan fingerprint density at radius 1 is 1.46 bits per heavy atom. The van der Waals surface area contributed by atoms with Gasteiger partial charge in [-0.1, -0.05) is 12.1 Å². The van der Waals surface area contributed by atoms with E-state index in [1.807, 2.05) is 4.90 Å². The number of hydrogen-bond donors (Lipinski definition) is 0. The van der Waals surface area contributed by atoms with Crippen molar-refractivity contribution in [1.29, 1.82) is 0 Å². The molecule has 1 atom stereocenters. The maximum atomic E-state index is 13.7. The Kier molecular flexibility index (Phi) is 3.97. The first-order chi connectivity index (χ1) is 13.0. The third kappa shape index (κ3) is 2.89. The Bertz CT molecular complexity index is 1010. The van der Waals surface area contributed by atoms with Crippen molar-refractivity contribution in [2.45, 2.75) is 25.8 Å². The number of rotatable bonds is 4. The van der Waals surface area contributed by atoms with Crippen molar-refractivity contribution in [3.63, 3.8) is 0 Å². The molecular weight excluding hydrogens is 335 g/mol. The molecule has 4 rings (SSSR count). The molecule has 26 heavy (non-hydrogen) atoms. The number of esters is 1. The number of hydrogen-bond acceptors (Lipinski definition) is 5. The summed E-state index contributed by atoms with van der Waals surface area (Å²) in [6.07, 6.45) is 4.48. The average molecular weight is 355 g/mol. The molecule has 0 N–H and O–H groups in total. The number of fused-ring (bicyclic) bond motifs is 1. The zero-order chi connectivity index (χ0) is 19.0. The highest BCUT2D eigenvalue weighted by molar-refractivity contribution is 5.95. The normalized spacial score (nSPS) is 20.4. The van der Waals surface area contributed by atoms with Crippen LogP contribution in [0.2, 0.25) is 0 Å². The molecule has 134 valence electrons. The molecule has 1 aliphatic heterocycles. The Balaban J connectivity index is 1.76. The summed E-state index contributed by atoms with van der Waals surface area (Å²) in [6.45, 7) is 2.61. The van der Waals surface area contributed by atoms with Crippen molar-refractivity contribution in [1.82, 2.24) is 14.6 Å². The summed E-state index contributed by atoms with van der Waals surface area (Å²) >= 11 is 0. The van der Waals surface area contributed by atoms with Gasteiger partial charge < -0.3 is 9.64 Å². The third-order valence-corrected chi connectivity index (χ3v) is 4.41. The Labute approximate surface area is 151 Å². The van der Waals surface area contributed by atoms with E-state index < -0.39 is 12.0 Å². The quantitative estimate of drug-likeness (QED) is 0.672. The summed E-state index contributed by atoms with van der Waals surface area (Å²) in [5.41, 5.74) is 1.24. The Morgan fingerprint density at radius 2 is 2.35 bits per heavy atom. The van der Waals surface area contributed by atoms with E-state index in [0.29, 0.717) is 30.0 Å². The zero-order valence-electron chi connectivity index (χ0n) is 15.4. The minimum Gasteiger partial charge on any atom is -0.462 e. The number of benzene rings is 1. The van der Waals surface area contributed by atoms with Crippen LogP contribution >= 0.6 is 0 Å². The third-order valence-electron chi connectivity index (χ3n) is 4.41. The molecular formula is C19H19FN4O2. The van der Waals surface area contributed by atoms with Crippen LogP contribution in [-0.2, 0) is 4.74 Å². The van der Waals surface area contributed by atoms with Gasteiger partial charge in [-0.3, -0.25) is 0 Å². The number of nitrogens with zero attached hydrogens (tertiary/aromatic N) is 4. The summed E-state index contributed by atoms with van der Waals surface area (Å²) < 4.78 is 29.3. The SMILES string of the molecule is [2H]C1(c2cccc(F)c2)CCCN1c1ccn2ncc(C(=O)OCC)c2n1. The van der Waals surface area contributed by atoms with E-state index in [0.717, 1.165) is 6.42 Å². The van der Waals surface area contributed by atoms with Crippen LogP contribution < -0.4 is 4.90 Å². The summed E-state index contributed by atoms with van der Waals surface area (Å²) in [5.74, 6) is -0.305. The standard InChI is InChI=1S/C19H19FN4O2/c1-2-26-19(25)15-12-21-24-10-8-17(22-18(15)24)23-9-4-7-16(23)13-5-3-6-14(20)11-13/h3,5-6,8,10-12,16H,2,4,7,9H2,1H3/i16D. The van der Waals surface area contributed by atoms with E-state index in [1.165, 1.54) is 22.8 Å². The largest absolute Gasteiger partial charge is 0.462 e. The summed E-state index contributed by atoms with van der Waals surface area (Å²) in [5, 5.41) is 4.13. The lowest BCUT2D eigenvalue weighted by Gasteiger charge is -2.26. The van der Waals surface area contributed by atoms with E-state index in [9.17, 15) is 9.18 Å². The van der Waals surface area contributed by atoms with E-state index in [1.54, 1.807) is 31.3 Å². The molecule has 6 nitrogen and oxygen atoms in total. The highest BCUT2D eigenvalue weighted by Crippen LogP contribution is 2.35. The van der Waals surface area contributed by atoms with Crippen LogP contribution in [0.15, 0.2) is 42.7 Å². The van der Waals surface area contributed by atoms with Gasteiger partial charge in [0.25, 0.3) is 0 Å². The van der Waals surface area contributed by atoms with Gasteiger partial charge in [-0.25, -0.2) is 18.7 Å². The first-order valence-electron chi connectivity index (χ1n) is 9.08. The lowest BCUT2D eigenvalue weighted by atomic mass is 10.0. The molecule has 3 heterocycles. The monoisotopic (exact) mass is 355 g/mol. The lowest BCUT2D eigenvalue weighted by Crippen LogP contribution is -2.24. The molecule has 0 radical (unpaired) electrons. The molecule has 1 saturated heterocycles. The van der Waals surface area contributed by atoms with Gasteiger partial charge in [-0.2, -0.15) is 5.10 Å². The van der Waals surface area contributed by atoms with Gasteiger partial charge in [-0.05, 0) is 43.5 Å². The minimum absolute atomic E-state index is 0.261. The molecule has 3 aromatic rings. The number of carbonyl (C=O) groups excluding carboxylic acids is 1. The van der Waals surface area contributed by atoms with Crippen LogP contribution in [0, 0.1) is 5.82 Å². The van der Waals surface area contributed by atoms with Crippen molar-refractivity contribution >= 4 is 17.4 Å². The van der Waals surface area contributed by atoms with Crippen LogP contribution in [0.1, 0.15) is 43.1 Å². The smallest absolute Gasteiger partial charge is 0.343 e. The van der Waals surface area contributed by atoms with Crippen LogP contribution in [0.4, 0.5) is 10.2 Å². The van der Waals surface area contributed by atoms with Crippen LogP contribution in [0.3, 0.4) is 0 Å². The molecule has 7 heteroatoms. The highest BCUT2D eigenvalue weighted by Gasteiger charge is 2.28. The summed E-state index contributed by atoms with van der Waals surface area (Å²) in [7, 11) is 0. The fourth-order valence-electron chi connectivity index (χ4n) is 3.26. The van der Waals surface area contributed by atoms with Crippen molar-refractivity contribution in [3.05, 3.63) is 59.7 Å². The Morgan fingerprint density at radius 3 is 3.15 bits per heavy atom. The van der Waals surface area contributed by atoms with Gasteiger partial charge in [0.05, 0.1) is 20.2 Å². The fourth-order valence-corrected chi connectivity index (χ4v) is 3.26. The minimum atomic E-state index is -1.11. The highest BCUT2D eigenvalue weighted by atomic mass is 19.1. The summed E-state index contributed by atoms with van der Waals surface area (Å²) in [4.78, 5) is 18.5. The molecule has 1 fully saturated rings. The first-order valence-corrected chi connectivity index (χ1v) is 8.58. The van der Waals surface area contributed by atoms with E-state index in [2.05, 4.69) is 10.1 Å². The number of aromatic nitrogens is 3. The maximum absolute atomic E-state index is 13.7. The molecule has 2 aromatic heterocycles. The van der Waals surface area contributed by atoms with Gasteiger partial charge in [-0.15, -0.1) is 0 Å². The zero-order valence-corrected chi connectivity index (χ0v) is 14.4. The molecule has 1 aromatic carbocycles. The molecule has 0 bridgehead atoms. The van der Waals surface area contributed by atoms with Crippen LogP contribution in [-0.4, -0.2) is 33.7 Å². The summed E-state index contributed by atoms with van der Waals surface area (Å²) in [6, 6.07) is 6.78. The average Bonchev–Trinajstić information content (AvgIpc) is 3.25. The predicted molar refractivity (Wildman–Crippen MR) is 94.7 cm³/mol. The van der Waals surface area contributed by atoms with Gasteiger partial charge in [0.2, 0.25) is 0 Å². The maximum Gasteiger partial charge on any atom is 0.343 e. The van der Waals surface area contributed by atoms with Crippen LogP contribution in [0.25, 0.3) is 5.65 Å². The topological polar surface area (TPSA) is 59.7 Å². The lowest BCUT2D eigenvalue weighted by molar-refractivity contribution is 0.0528. The van der Waals surface area contributed by atoms with Crippen LogP contribution in [0.5, 0.6) is 0 Å². The van der Waals surface area contributed by atoms with Crippen molar-refractivity contribution in [3.8, 4) is 0 Å². The molecule has 1 unspecified atom stereocenters. The first kappa shape index (κ1) is 15.3. The van der Waals surface area contributed by atoms with Gasteiger partial charge >= 0.3 is 5.97 Å². The number of carbonyl (C=O) groups is 1. The second-order valence-electron chi connectivity index (χ2n) is 6.04. The predicted octanol–water partition coefficient (Wildman–Crippen LogP) is 3.39. The van der Waals surface area contributed by atoms with E-state index in [-0.39, 0.29) is 18.0 Å². The van der Waals surface area contributed by atoms with E-state index >= 15 is 0 Å².